The molecule has 2 N–H and O–H groups in total. The maximum absolute atomic E-state index is 11.1. The van der Waals surface area contributed by atoms with Gasteiger partial charge in [-0.05, 0) is 67.6 Å². The number of carbonyl (C=O) groups is 2. The van der Waals surface area contributed by atoms with Crippen LogP contribution in [0, 0.1) is 35.5 Å². The van der Waals surface area contributed by atoms with E-state index in [1.165, 1.54) is 32.1 Å². The van der Waals surface area contributed by atoms with Crippen LogP contribution in [0.2, 0.25) is 0 Å². The van der Waals surface area contributed by atoms with Crippen LogP contribution in [-0.2, 0) is 9.59 Å². The predicted molar refractivity (Wildman–Crippen MR) is 70.3 cm³/mol. The molecule has 4 saturated carbocycles. The van der Waals surface area contributed by atoms with E-state index in [2.05, 4.69) is 12.2 Å². The van der Waals surface area contributed by atoms with Gasteiger partial charge in [0.2, 0.25) is 0 Å². The molecule has 0 heterocycles. The maximum Gasteiger partial charge on any atom is 0.394 e. The summed E-state index contributed by atoms with van der Waals surface area (Å²) in [6.07, 6.45) is 6.93. The van der Waals surface area contributed by atoms with Crippen molar-refractivity contribution in [2.45, 2.75) is 39.0 Å². The van der Waals surface area contributed by atoms with E-state index in [-0.39, 0.29) is 0 Å². The van der Waals surface area contributed by atoms with Gasteiger partial charge in [-0.3, -0.25) is 4.79 Å². The summed E-state index contributed by atoms with van der Waals surface area (Å²) in [6, 6.07) is 0. The summed E-state index contributed by atoms with van der Waals surface area (Å²) >= 11 is 0. The van der Waals surface area contributed by atoms with Gasteiger partial charge in [0, 0.05) is 6.54 Å². The van der Waals surface area contributed by atoms with Crippen molar-refractivity contribution in [3.8, 4) is 0 Å². The number of rotatable bonds is 3. The molecule has 0 radical (unpaired) electrons. The minimum Gasteiger partial charge on any atom is -0.474 e. The molecular formula is C15H23NO3. The molecule has 0 saturated heterocycles. The highest BCUT2D eigenvalue weighted by atomic mass is 16.4. The van der Waals surface area contributed by atoms with Crippen LogP contribution in [0.5, 0.6) is 0 Å². The number of carbonyl (C=O) groups excluding carboxylic acids is 1. The van der Waals surface area contributed by atoms with Crippen molar-refractivity contribution in [2.75, 3.05) is 6.54 Å². The molecule has 4 bridgehead atoms. The van der Waals surface area contributed by atoms with E-state index < -0.39 is 11.9 Å². The minimum absolute atomic E-state index is 0.401. The largest absolute Gasteiger partial charge is 0.474 e. The Morgan fingerprint density at radius 1 is 1.11 bits per heavy atom. The summed E-state index contributed by atoms with van der Waals surface area (Å²) in [5.74, 6) is 2.42. The van der Waals surface area contributed by atoms with Crippen LogP contribution in [0.4, 0.5) is 0 Å². The normalized spacial score (nSPS) is 41.0. The Hall–Kier alpha value is -1.06. The fourth-order valence-electron chi connectivity index (χ4n) is 5.36. The van der Waals surface area contributed by atoms with E-state index in [0.29, 0.717) is 18.4 Å². The van der Waals surface area contributed by atoms with Crippen LogP contribution in [0.3, 0.4) is 0 Å². The van der Waals surface area contributed by atoms with Gasteiger partial charge < -0.3 is 10.4 Å². The molecule has 0 aromatic heterocycles. The summed E-state index contributed by atoms with van der Waals surface area (Å²) in [5.41, 5.74) is 0. The Balaban J connectivity index is 1.59. The molecule has 4 fully saturated rings. The van der Waals surface area contributed by atoms with Gasteiger partial charge in [0.1, 0.15) is 0 Å². The zero-order valence-corrected chi connectivity index (χ0v) is 11.5. The zero-order valence-electron chi connectivity index (χ0n) is 11.5. The van der Waals surface area contributed by atoms with E-state index in [1.54, 1.807) is 0 Å². The minimum atomic E-state index is -1.38. The molecule has 106 valence electrons. The van der Waals surface area contributed by atoms with Crippen molar-refractivity contribution in [1.82, 2.24) is 5.32 Å². The molecule has 4 aliphatic rings. The quantitative estimate of drug-likeness (QED) is 0.766. The highest BCUT2D eigenvalue weighted by Crippen LogP contribution is 2.58. The average Bonchev–Trinajstić information content (AvgIpc) is 2.34. The van der Waals surface area contributed by atoms with Crippen molar-refractivity contribution in [3.63, 3.8) is 0 Å². The van der Waals surface area contributed by atoms with Gasteiger partial charge in [0.15, 0.2) is 0 Å². The number of carboxylic acid groups (broad SMARTS) is 1. The smallest absolute Gasteiger partial charge is 0.394 e. The molecule has 1 unspecified atom stereocenters. The van der Waals surface area contributed by atoms with E-state index in [1.807, 2.05) is 0 Å². The number of hydrogen-bond acceptors (Lipinski definition) is 2. The molecule has 1 amide bonds. The van der Waals surface area contributed by atoms with Gasteiger partial charge in [0.05, 0.1) is 0 Å². The first kappa shape index (κ1) is 12.9. The van der Waals surface area contributed by atoms with Crippen LogP contribution in [0.25, 0.3) is 0 Å². The molecule has 0 aromatic carbocycles. The highest BCUT2D eigenvalue weighted by molar-refractivity contribution is 6.31. The standard InChI is InChI=1S/C15H23NO3/c1-8(7-16-14(17)15(18)19)13-11-3-9-2-10(5-11)6-12(13)4-9/h8-13H,2-7H2,1H3,(H,16,17)(H,18,19). The Morgan fingerprint density at radius 3 is 2.11 bits per heavy atom. The van der Waals surface area contributed by atoms with Crippen LogP contribution < -0.4 is 5.32 Å². The van der Waals surface area contributed by atoms with Crippen molar-refractivity contribution >= 4 is 11.9 Å². The van der Waals surface area contributed by atoms with Crippen LogP contribution in [-0.4, -0.2) is 23.5 Å². The highest BCUT2D eigenvalue weighted by Gasteiger charge is 2.49. The number of hydrogen-bond donors (Lipinski definition) is 2. The van der Waals surface area contributed by atoms with Gasteiger partial charge >= 0.3 is 11.9 Å². The van der Waals surface area contributed by atoms with E-state index >= 15 is 0 Å². The number of aliphatic carboxylic acids is 1. The van der Waals surface area contributed by atoms with Crippen molar-refractivity contribution < 1.29 is 14.7 Å². The third-order valence-electron chi connectivity index (χ3n) is 5.74. The topological polar surface area (TPSA) is 66.4 Å². The molecule has 4 heteroatoms. The van der Waals surface area contributed by atoms with Crippen molar-refractivity contribution in [3.05, 3.63) is 0 Å². The first-order valence-electron chi connectivity index (χ1n) is 7.55. The molecule has 0 aromatic rings. The van der Waals surface area contributed by atoms with Crippen LogP contribution >= 0.6 is 0 Å². The first-order valence-corrected chi connectivity index (χ1v) is 7.55. The average molecular weight is 265 g/mol. The summed E-state index contributed by atoms with van der Waals surface area (Å²) in [6.45, 7) is 2.69. The van der Waals surface area contributed by atoms with E-state index in [0.717, 1.165) is 23.7 Å². The Morgan fingerprint density at radius 2 is 1.63 bits per heavy atom. The lowest BCUT2D eigenvalue weighted by molar-refractivity contribution is -0.150. The SMILES string of the molecule is CC(CNC(=O)C(=O)O)C1C2CC3CC(C2)CC1C3. The van der Waals surface area contributed by atoms with Crippen molar-refractivity contribution in [2.24, 2.45) is 35.5 Å². The summed E-state index contributed by atoms with van der Waals surface area (Å²) < 4.78 is 0. The maximum atomic E-state index is 11.1. The molecule has 4 rings (SSSR count). The molecule has 4 nitrogen and oxygen atoms in total. The van der Waals surface area contributed by atoms with Crippen LogP contribution in [0.1, 0.15) is 39.0 Å². The summed E-state index contributed by atoms with van der Waals surface area (Å²) in [7, 11) is 0. The van der Waals surface area contributed by atoms with Gasteiger partial charge in [-0.25, -0.2) is 4.79 Å². The number of carboxylic acids is 1. The monoisotopic (exact) mass is 265 g/mol. The Kier molecular flexibility index (Phi) is 3.27. The third-order valence-corrected chi connectivity index (χ3v) is 5.74. The van der Waals surface area contributed by atoms with Gasteiger partial charge in [0.25, 0.3) is 0 Å². The number of nitrogens with one attached hydrogen (secondary N) is 1. The summed E-state index contributed by atoms with van der Waals surface area (Å²) in [4.78, 5) is 21.6. The molecule has 0 aliphatic heterocycles. The second-order valence-electron chi connectivity index (χ2n) is 7.00. The zero-order chi connectivity index (χ0) is 13.6. The fourth-order valence-corrected chi connectivity index (χ4v) is 5.36. The third kappa shape index (κ3) is 2.37. The molecule has 4 aliphatic carbocycles. The molecule has 1 atom stereocenters. The molecule has 0 spiro atoms. The lowest BCUT2D eigenvalue weighted by atomic mass is 9.50. The summed E-state index contributed by atoms with van der Waals surface area (Å²) in [5, 5.41) is 11.1. The van der Waals surface area contributed by atoms with Gasteiger partial charge in [-0.2, -0.15) is 0 Å². The van der Waals surface area contributed by atoms with E-state index in [9.17, 15) is 9.59 Å². The predicted octanol–water partition coefficient (Wildman–Crippen LogP) is 1.90. The first-order chi connectivity index (χ1) is 9.04. The second-order valence-corrected chi connectivity index (χ2v) is 7.00. The van der Waals surface area contributed by atoms with E-state index in [4.69, 9.17) is 5.11 Å². The number of amides is 1. The lowest BCUT2D eigenvalue weighted by Crippen LogP contribution is -2.49. The van der Waals surface area contributed by atoms with Crippen molar-refractivity contribution in [1.29, 1.82) is 0 Å². The Bertz CT molecular complexity index is 365. The van der Waals surface area contributed by atoms with Crippen LogP contribution in [0.15, 0.2) is 0 Å². The van der Waals surface area contributed by atoms with Gasteiger partial charge in [-0.1, -0.05) is 6.92 Å². The fraction of sp³-hybridized carbons (Fsp3) is 0.867. The second kappa shape index (κ2) is 4.80. The van der Waals surface area contributed by atoms with Gasteiger partial charge in [-0.15, -0.1) is 0 Å². The lowest BCUT2D eigenvalue weighted by Gasteiger charge is -2.56. The molecule has 19 heavy (non-hydrogen) atoms. The Labute approximate surface area is 113 Å². The molecular weight excluding hydrogens is 242 g/mol.